The lowest BCUT2D eigenvalue weighted by Crippen LogP contribution is -2.22. The molecule has 5 rings (SSSR count). The lowest BCUT2D eigenvalue weighted by molar-refractivity contribution is 0.0996. The first-order valence-corrected chi connectivity index (χ1v) is 11.6. The van der Waals surface area contributed by atoms with Crippen molar-refractivity contribution in [3.63, 3.8) is 0 Å². The minimum Gasteiger partial charge on any atom is -0.487 e. The van der Waals surface area contributed by atoms with Gasteiger partial charge in [0.2, 0.25) is 5.91 Å². The van der Waals surface area contributed by atoms with Crippen LogP contribution in [-0.4, -0.2) is 34.3 Å². The highest BCUT2D eigenvalue weighted by atomic mass is 16.5. The number of aromatic nitrogens is 2. The van der Waals surface area contributed by atoms with Gasteiger partial charge in [-0.25, -0.2) is 4.98 Å². The lowest BCUT2D eigenvalue weighted by atomic mass is 10.1. The first kappa shape index (κ1) is 22.5. The maximum atomic E-state index is 13.1. The zero-order valence-corrected chi connectivity index (χ0v) is 19.5. The second-order valence-corrected chi connectivity index (χ2v) is 8.77. The molecule has 0 radical (unpaired) electrons. The molecule has 8 nitrogen and oxygen atoms in total. The lowest BCUT2D eigenvalue weighted by Gasteiger charge is -2.22. The molecule has 3 N–H and O–H groups in total. The van der Waals surface area contributed by atoms with Gasteiger partial charge in [0, 0.05) is 36.6 Å². The molecule has 4 aromatic rings. The second kappa shape index (κ2) is 9.50. The number of amides is 2. The molecule has 0 spiro atoms. The Labute approximate surface area is 203 Å². The number of nitrogens with one attached hydrogen (secondary N) is 1. The molecule has 0 atom stereocenters. The van der Waals surface area contributed by atoms with Gasteiger partial charge in [0.05, 0.1) is 17.1 Å². The summed E-state index contributed by atoms with van der Waals surface area (Å²) in [6, 6.07) is 16.2. The predicted octanol–water partition coefficient (Wildman–Crippen LogP) is 4.17. The second-order valence-electron chi connectivity index (χ2n) is 8.77. The first-order chi connectivity index (χ1) is 17.0. The molecular weight excluding hydrogens is 442 g/mol. The third-order valence-electron chi connectivity index (χ3n) is 6.11. The van der Waals surface area contributed by atoms with Crippen LogP contribution in [0.5, 0.6) is 5.75 Å². The van der Waals surface area contributed by atoms with E-state index in [2.05, 4.69) is 15.2 Å². The number of hydrogen-bond donors (Lipinski definition) is 2. The summed E-state index contributed by atoms with van der Waals surface area (Å²) in [5.41, 5.74) is 10.5. The van der Waals surface area contributed by atoms with Crippen molar-refractivity contribution in [1.82, 2.24) is 9.38 Å². The summed E-state index contributed by atoms with van der Waals surface area (Å²) in [7, 11) is 0. The molecule has 8 heteroatoms. The standard InChI is InChI=1S/C27H27N5O3/c1-18-7-10-25-29-21(16-32(25)15-18)17-35-22-6-4-5-20(13-22)27(34)30-23-14-19(26(28)33)8-9-24(23)31-11-2-3-12-31/h4-10,13-16H,2-3,11-12,17H2,1H3,(H2,28,33)(H,30,34). The van der Waals surface area contributed by atoms with Crippen molar-refractivity contribution in [3.05, 3.63) is 89.4 Å². The van der Waals surface area contributed by atoms with Gasteiger partial charge in [-0.1, -0.05) is 12.1 Å². The zero-order chi connectivity index (χ0) is 24.4. The van der Waals surface area contributed by atoms with Crippen LogP contribution in [0.3, 0.4) is 0 Å². The Morgan fingerprint density at radius 2 is 1.86 bits per heavy atom. The van der Waals surface area contributed by atoms with Gasteiger partial charge in [0.15, 0.2) is 0 Å². The Hall–Kier alpha value is -4.33. The topological polar surface area (TPSA) is 102 Å². The molecule has 178 valence electrons. The van der Waals surface area contributed by atoms with Crippen LogP contribution in [0.15, 0.2) is 67.0 Å². The van der Waals surface area contributed by atoms with E-state index in [1.807, 2.05) is 41.9 Å². The third-order valence-corrected chi connectivity index (χ3v) is 6.11. The molecule has 0 unspecified atom stereocenters. The van der Waals surface area contributed by atoms with E-state index < -0.39 is 5.91 Å². The molecule has 35 heavy (non-hydrogen) atoms. The summed E-state index contributed by atoms with van der Waals surface area (Å²) in [6.07, 6.45) is 6.14. The van der Waals surface area contributed by atoms with Crippen LogP contribution in [0.2, 0.25) is 0 Å². The van der Waals surface area contributed by atoms with Gasteiger partial charge in [-0.15, -0.1) is 0 Å². The fourth-order valence-electron chi connectivity index (χ4n) is 4.33. The molecular formula is C27H27N5O3. The van der Waals surface area contributed by atoms with Crippen LogP contribution in [0.4, 0.5) is 11.4 Å². The Morgan fingerprint density at radius 3 is 2.66 bits per heavy atom. The largest absolute Gasteiger partial charge is 0.487 e. The van der Waals surface area contributed by atoms with E-state index in [1.165, 1.54) is 0 Å². The number of aryl methyl sites for hydroxylation is 1. The van der Waals surface area contributed by atoms with E-state index in [1.54, 1.807) is 36.4 Å². The number of pyridine rings is 1. The number of nitrogens with zero attached hydrogens (tertiary/aromatic N) is 3. The monoisotopic (exact) mass is 469 g/mol. The van der Waals surface area contributed by atoms with Crippen molar-refractivity contribution in [2.75, 3.05) is 23.3 Å². The van der Waals surface area contributed by atoms with Crippen LogP contribution < -0.4 is 20.7 Å². The number of hydrogen-bond acceptors (Lipinski definition) is 5. The number of ether oxygens (including phenoxy) is 1. The first-order valence-electron chi connectivity index (χ1n) is 11.6. The molecule has 2 aromatic carbocycles. The summed E-state index contributed by atoms with van der Waals surface area (Å²) < 4.78 is 7.89. The smallest absolute Gasteiger partial charge is 0.255 e. The number of benzene rings is 2. The molecule has 1 aliphatic rings. The number of rotatable bonds is 7. The minimum absolute atomic E-state index is 0.283. The predicted molar refractivity (Wildman–Crippen MR) is 135 cm³/mol. The summed E-state index contributed by atoms with van der Waals surface area (Å²) in [4.78, 5) is 31.6. The Balaban J connectivity index is 1.32. The zero-order valence-electron chi connectivity index (χ0n) is 19.5. The van der Waals surface area contributed by atoms with Crippen molar-refractivity contribution in [1.29, 1.82) is 0 Å². The highest BCUT2D eigenvalue weighted by Crippen LogP contribution is 2.30. The fraction of sp³-hybridized carbons (Fsp3) is 0.222. The van der Waals surface area contributed by atoms with Gasteiger partial charge in [-0.3, -0.25) is 9.59 Å². The highest BCUT2D eigenvalue weighted by Gasteiger charge is 2.19. The van der Waals surface area contributed by atoms with Gasteiger partial charge in [-0.05, 0) is 67.8 Å². The van der Waals surface area contributed by atoms with E-state index in [-0.39, 0.29) is 12.5 Å². The van der Waals surface area contributed by atoms with Crippen LogP contribution >= 0.6 is 0 Å². The molecule has 0 bridgehead atoms. The van der Waals surface area contributed by atoms with Crippen molar-refractivity contribution in [2.24, 2.45) is 5.73 Å². The normalized spacial score (nSPS) is 13.2. The van der Waals surface area contributed by atoms with Gasteiger partial charge >= 0.3 is 0 Å². The van der Waals surface area contributed by atoms with Crippen molar-refractivity contribution >= 4 is 28.8 Å². The van der Waals surface area contributed by atoms with Crippen LogP contribution in [0.25, 0.3) is 5.65 Å². The van der Waals surface area contributed by atoms with Gasteiger partial charge in [-0.2, -0.15) is 0 Å². The SMILES string of the molecule is Cc1ccc2nc(COc3cccc(C(=O)Nc4cc(C(N)=O)ccc4N4CCCC4)c3)cn2c1. The molecule has 1 saturated heterocycles. The van der Waals surface area contributed by atoms with Gasteiger partial charge in [0.1, 0.15) is 18.0 Å². The number of fused-ring (bicyclic) bond motifs is 1. The molecule has 2 aromatic heterocycles. The van der Waals surface area contributed by atoms with E-state index in [9.17, 15) is 9.59 Å². The van der Waals surface area contributed by atoms with Crippen molar-refractivity contribution in [3.8, 4) is 5.75 Å². The van der Waals surface area contributed by atoms with Crippen molar-refractivity contribution < 1.29 is 14.3 Å². The van der Waals surface area contributed by atoms with E-state index in [4.69, 9.17) is 10.5 Å². The van der Waals surface area contributed by atoms with Gasteiger partial charge < -0.3 is 25.1 Å². The number of imidazole rings is 1. The molecule has 1 aliphatic heterocycles. The summed E-state index contributed by atoms with van der Waals surface area (Å²) in [5, 5.41) is 2.96. The van der Waals surface area contributed by atoms with Crippen LogP contribution in [0.1, 0.15) is 44.8 Å². The average molecular weight is 470 g/mol. The maximum absolute atomic E-state index is 13.1. The fourth-order valence-corrected chi connectivity index (χ4v) is 4.33. The minimum atomic E-state index is -0.536. The van der Waals surface area contributed by atoms with Gasteiger partial charge in [0.25, 0.3) is 5.91 Å². The Bertz CT molecular complexity index is 1410. The summed E-state index contributed by atoms with van der Waals surface area (Å²) in [6.45, 7) is 4.13. The summed E-state index contributed by atoms with van der Waals surface area (Å²) in [5.74, 6) is -0.261. The number of carbonyl (C=O) groups excluding carboxylic acids is 2. The molecule has 0 aliphatic carbocycles. The number of anilines is 2. The van der Waals surface area contributed by atoms with Crippen LogP contribution in [0, 0.1) is 6.92 Å². The van der Waals surface area contributed by atoms with E-state index in [0.717, 1.165) is 48.5 Å². The van der Waals surface area contributed by atoms with E-state index >= 15 is 0 Å². The van der Waals surface area contributed by atoms with Crippen LogP contribution in [-0.2, 0) is 6.61 Å². The molecule has 2 amide bonds. The quantitative estimate of drug-likeness (QED) is 0.423. The number of carbonyl (C=O) groups is 2. The number of nitrogens with two attached hydrogens (primary N) is 1. The maximum Gasteiger partial charge on any atom is 0.255 e. The number of primary amides is 1. The third kappa shape index (κ3) is 4.96. The average Bonchev–Trinajstić information content (AvgIpc) is 3.52. The van der Waals surface area contributed by atoms with Crippen molar-refractivity contribution in [2.45, 2.75) is 26.4 Å². The highest BCUT2D eigenvalue weighted by molar-refractivity contribution is 6.07. The molecule has 3 heterocycles. The summed E-state index contributed by atoms with van der Waals surface area (Å²) >= 11 is 0. The van der Waals surface area contributed by atoms with E-state index in [0.29, 0.717) is 22.6 Å². The Morgan fingerprint density at radius 1 is 1.03 bits per heavy atom. The molecule has 1 fully saturated rings. The molecule has 0 saturated carbocycles. The Kier molecular flexibility index (Phi) is 6.10.